The van der Waals surface area contributed by atoms with E-state index in [-0.39, 0.29) is 36.3 Å². The second-order valence-electron chi connectivity index (χ2n) is 10.1. The summed E-state index contributed by atoms with van der Waals surface area (Å²) in [5, 5.41) is 10.7. The number of hydrogen-bond acceptors (Lipinski definition) is 6. The molecule has 1 rings (SSSR count). The number of primary amides is 1. The fourth-order valence-electron chi connectivity index (χ4n) is 4.24. The Morgan fingerprint density at radius 1 is 1.13 bits per heavy atom. The van der Waals surface area contributed by atoms with Crippen molar-refractivity contribution >= 4 is 17.8 Å². The lowest BCUT2D eigenvalue weighted by Gasteiger charge is -2.26. The number of aliphatic hydroxyl groups is 1. The zero-order chi connectivity index (χ0) is 28.7. The normalized spacial score (nSPS) is 20.3. The number of allylic oxidation sites excluding steroid dienone is 8. The van der Waals surface area contributed by atoms with E-state index < -0.39 is 18.1 Å². The van der Waals surface area contributed by atoms with E-state index in [1.165, 1.54) is 6.08 Å². The van der Waals surface area contributed by atoms with Gasteiger partial charge in [0.15, 0.2) is 0 Å². The van der Waals surface area contributed by atoms with Gasteiger partial charge in [0.05, 0.1) is 6.10 Å². The van der Waals surface area contributed by atoms with E-state index in [0.717, 1.165) is 29.6 Å². The molecule has 3 N–H and O–H groups in total. The maximum absolute atomic E-state index is 12.9. The van der Waals surface area contributed by atoms with Gasteiger partial charge in [0.1, 0.15) is 18.5 Å². The van der Waals surface area contributed by atoms with E-state index in [1.807, 2.05) is 65.0 Å². The third-order valence-electron chi connectivity index (χ3n) is 6.45. The maximum Gasteiger partial charge on any atom is 0.404 e. The molecule has 5 atom stereocenters. The number of ether oxygens (including phenoxy) is 2. The second kappa shape index (κ2) is 17.3. The predicted octanol–water partition coefficient (Wildman–Crippen LogP) is 5.91. The molecule has 0 aromatic rings. The minimum Gasteiger partial charge on any atom is -0.455 e. The lowest BCUT2D eigenvalue weighted by Crippen LogP contribution is -2.34. The third kappa shape index (κ3) is 13.4. The lowest BCUT2D eigenvalue weighted by atomic mass is 9.83. The molecule has 0 aliphatic carbocycles. The van der Waals surface area contributed by atoms with Gasteiger partial charge in [-0.05, 0) is 58.1 Å². The van der Waals surface area contributed by atoms with Gasteiger partial charge in [-0.2, -0.15) is 0 Å². The van der Waals surface area contributed by atoms with E-state index in [0.29, 0.717) is 12.8 Å². The molecule has 0 saturated carbocycles. The molecule has 0 bridgehead atoms. The first-order valence-electron chi connectivity index (χ1n) is 13.3. The van der Waals surface area contributed by atoms with Crippen molar-refractivity contribution in [1.29, 1.82) is 0 Å². The molecule has 38 heavy (non-hydrogen) atoms. The Bertz CT molecular complexity index is 984. The summed E-state index contributed by atoms with van der Waals surface area (Å²) in [5.74, 6) is -1.24. The van der Waals surface area contributed by atoms with Crippen LogP contribution >= 0.6 is 0 Å². The second-order valence-corrected chi connectivity index (χ2v) is 10.1. The molecular formula is C31H45NO6. The number of Topliss-reactive ketones (excluding diaryl/α,β-unsaturated/α-hetero) is 1. The first-order valence-corrected chi connectivity index (χ1v) is 13.3. The van der Waals surface area contributed by atoms with Crippen molar-refractivity contribution in [2.24, 2.45) is 23.5 Å². The zero-order valence-electron chi connectivity index (χ0n) is 23.7. The molecule has 0 spiro atoms. The van der Waals surface area contributed by atoms with Crippen molar-refractivity contribution in [2.45, 2.75) is 79.4 Å². The van der Waals surface area contributed by atoms with Crippen molar-refractivity contribution < 1.29 is 29.0 Å². The number of esters is 1. The van der Waals surface area contributed by atoms with Gasteiger partial charge in [0.2, 0.25) is 0 Å². The Labute approximate surface area is 227 Å². The van der Waals surface area contributed by atoms with E-state index in [4.69, 9.17) is 15.2 Å². The van der Waals surface area contributed by atoms with Crippen LogP contribution in [-0.4, -0.2) is 41.8 Å². The van der Waals surface area contributed by atoms with E-state index in [1.54, 1.807) is 13.0 Å². The number of nitrogens with two attached hydrogens (primary N) is 1. The molecule has 7 nitrogen and oxygen atoms in total. The summed E-state index contributed by atoms with van der Waals surface area (Å²) in [6.07, 6.45) is 18.3. The summed E-state index contributed by atoms with van der Waals surface area (Å²) in [7, 11) is 0. The first kappa shape index (κ1) is 32.8. The number of hydrogen-bond donors (Lipinski definition) is 2. The van der Waals surface area contributed by atoms with Crippen LogP contribution in [0.5, 0.6) is 0 Å². The molecule has 1 heterocycles. The molecule has 0 aromatic heterocycles. The number of unbranched alkanes of at least 4 members (excludes halogenated alkanes) is 1. The average Bonchev–Trinajstić information content (AvgIpc) is 2.85. The highest BCUT2D eigenvalue weighted by Gasteiger charge is 2.29. The molecule has 1 amide bonds. The highest BCUT2D eigenvalue weighted by Crippen LogP contribution is 2.24. The summed E-state index contributed by atoms with van der Waals surface area (Å²) in [5.41, 5.74) is 8.03. The SMILES string of the molecule is CC(=C/CC/C=C/C(C)=C/C(C)C(=O)C(C)C(O)C(C)C/C(C)=C/COC(N)=O)/C=C/C1CC=CC(=O)O1. The number of carbonyl (C=O) groups is 3. The van der Waals surface area contributed by atoms with Crippen molar-refractivity contribution in [3.8, 4) is 0 Å². The molecule has 0 radical (unpaired) electrons. The number of amides is 1. The van der Waals surface area contributed by atoms with Gasteiger partial charge in [-0.3, -0.25) is 4.79 Å². The number of rotatable bonds is 15. The van der Waals surface area contributed by atoms with Gasteiger partial charge in [-0.15, -0.1) is 0 Å². The molecule has 0 aromatic carbocycles. The van der Waals surface area contributed by atoms with E-state index >= 15 is 0 Å². The van der Waals surface area contributed by atoms with Gasteiger partial charge in [0.25, 0.3) is 0 Å². The summed E-state index contributed by atoms with van der Waals surface area (Å²) in [6.45, 7) is 11.5. The number of carbonyl (C=O) groups excluding carboxylic acids is 3. The Hall–Kier alpha value is -3.19. The fourth-order valence-corrected chi connectivity index (χ4v) is 4.24. The Morgan fingerprint density at radius 3 is 2.50 bits per heavy atom. The van der Waals surface area contributed by atoms with Gasteiger partial charge in [0, 0.05) is 24.3 Å². The van der Waals surface area contributed by atoms with Crippen molar-refractivity contribution in [3.05, 3.63) is 71.4 Å². The third-order valence-corrected chi connectivity index (χ3v) is 6.45. The first-order chi connectivity index (χ1) is 17.9. The summed E-state index contributed by atoms with van der Waals surface area (Å²) < 4.78 is 9.92. The maximum atomic E-state index is 12.9. The molecule has 7 heteroatoms. The smallest absolute Gasteiger partial charge is 0.404 e. The number of aliphatic hydroxyl groups excluding tert-OH is 1. The molecule has 1 aliphatic heterocycles. The molecule has 5 unspecified atom stereocenters. The highest BCUT2D eigenvalue weighted by atomic mass is 16.5. The van der Waals surface area contributed by atoms with Crippen LogP contribution in [0.15, 0.2) is 71.4 Å². The molecular weight excluding hydrogens is 482 g/mol. The fraction of sp³-hybridized carbons (Fsp3) is 0.516. The number of cyclic esters (lactones) is 1. The van der Waals surface area contributed by atoms with Gasteiger partial charge in [-0.25, -0.2) is 9.59 Å². The number of ketones is 1. The lowest BCUT2D eigenvalue weighted by molar-refractivity contribution is -0.141. The Balaban J connectivity index is 2.50. The molecule has 210 valence electrons. The highest BCUT2D eigenvalue weighted by molar-refractivity contribution is 5.85. The zero-order valence-corrected chi connectivity index (χ0v) is 23.7. The van der Waals surface area contributed by atoms with Crippen molar-refractivity contribution in [1.82, 2.24) is 0 Å². The Kier molecular flexibility index (Phi) is 15.0. The van der Waals surface area contributed by atoms with Crippen LogP contribution in [0.3, 0.4) is 0 Å². The summed E-state index contributed by atoms with van der Waals surface area (Å²) >= 11 is 0. The minimum absolute atomic E-state index is 0.000255. The van der Waals surface area contributed by atoms with Crippen LogP contribution in [-0.2, 0) is 19.1 Å². The molecule has 1 aliphatic rings. The average molecular weight is 528 g/mol. The van der Waals surface area contributed by atoms with Crippen LogP contribution in [0.4, 0.5) is 4.79 Å². The quantitative estimate of drug-likeness (QED) is 0.118. The standard InChI is InChI=1S/C31H45NO6/c1-21(15-16-27-13-10-14-28(33)38-27)11-8-7-9-12-22(2)19-24(4)29(34)26(6)30(35)25(5)20-23(3)17-18-37-31(32)36/h9-12,14-17,19,24-27,30,35H,7-8,13,18,20H2,1-6H3,(H2,32,36)/b12-9+,16-15+,21-11-,22-19+,23-17+. The van der Waals surface area contributed by atoms with E-state index in [9.17, 15) is 19.5 Å². The minimum atomic E-state index is -0.826. The predicted molar refractivity (Wildman–Crippen MR) is 151 cm³/mol. The van der Waals surface area contributed by atoms with Gasteiger partial charge >= 0.3 is 12.1 Å². The summed E-state index contributed by atoms with van der Waals surface area (Å²) in [6, 6.07) is 0. The molecule has 0 saturated heterocycles. The van der Waals surface area contributed by atoms with Crippen LogP contribution < -0.4 is 5.73 Å². The Morgan fingerprint density at radius 2 is 1.84 bits per heavy atom. The van der Waals surface area contributed by atoms with Crippen LogP contribution in [0, 0.1) is 17.8 Å². The van der Waals surface area contributed by atoms with Crippen molar-refractivity contribution in [3.63, 3.8) is 0 Å². The van der Waals surface area contributed by atoms with Crippen LogP contribution in [0.2, 0.25) is 0 Å². The summed E-state index contributed by atoms with van der Waals surface area (Å²) in [4.78, 5) is 34.9. The van der Waals surface area contributed by atoms with Crippen molar-refractivity contribution in [2.75, 3.05) is 6.61 Å². The topological polar surface area (TPSA) is 116 Å². The van der Waals surface area contributed by atoms with Crippen LogP contribution in [0.1, 0.15) is 67.2 Å². The monoisotopic (exact) mass is 527 g/mol. The van der Waals surface area contributed by atoms with Gasteiger partial charge in [-0.1, -0.05) is 73.9 Å². The van der Waals surface area contributed by atoms with Crippen LogP contribution in [0.25, 0.3) is 0 Å². The van der Waals surface area contributed by atoms with E-state index in [2.05, 4.69) is 12.2 Å². The molecule has 0 fully saturated rings. The largest absolute Gasteiger partial charge is 0.455 e. The van der Waals surface area contributed by atoms with Gasteiger partial charge < -0.3 is 20.3 Å².